The van der Waals surface area contributed by atoms with Gasteiger partial charge >= 0.3 is 5.97 Å². The number of carbonyl (C=O) groups excluding carboxylic acids is 1. The fraction of sp³-hybridized carbons (Fsp3) is 0.435. The van der Waals surface area contributed by atoms with Gasteiger partial charge in [0.25, 0.3) is 0 Å². The SMILES string of the molecule is CC(NCc1ccccc1)c1ccccc1.CCCC(=O)OC(C)(C)C. The summed E-state index contributed by atoms with van der Waals surface area (Å²) in [6, 6.07) is 21.4. The van der Waals surface area contributed by atoms with Gasteiger partial charge in [-0.3, -0.25) is 4.79 Å². The van der Waals surface area contributed by atoms with Crippen LogP contribution in [0.15, 0.2) is 60.7 Å². The van der Waals surface area contributed by atoms with E-state index in [1.54, 1.807) is 0 Å². The summed E-state index contributed by atoms with van der Waals surface area (Å²) < 4.78 is 5.04. The molecular weight excluding hydrogens is 322 g/mol. The Kier molecular flexibility index (Phi) is 9.67. The number of rotatable bonds is 6. The molecule has 2 rings (SSSR count). The molecule has 142 valence electrons. The fourth-order valence-electron chi connectivity index (χ4n) is 2.32. The largest absolute Gasteiger partial charge is 0.460 e. The molecule has 26 heavy (non-hydrogen) atoms. The number of hydrogen-bond donors (Lipinski definition) is 1. The van der Waals surface area contributed by atoms with Gasteiger partial charge in [-0.1, -0.05) is 67.6 Å². The first kappa shape index (κ1) is 21.9. The van der Waals surface area contributed by atoms with Crippen molar-refractivity contribution in [2.45, 2.75) is 65.6 Å². The highest BCUT2D eigenvalue weighted by molar-refractivity contribution is 5.69. The minimum absolute atomic E-state index is 0.102. The third-order valence-electron chi connectivity index (χ3n) is 3.63. The van der Waals surface area contributed by atoms with Gasteiger partial charge < -0.3 is 10.1 Å². The molecule has 0 amide bonds. The number of esters is 1. The second-order valence-electron chi connectivity index (χ2n) is 7.34. The van der Waals surface area contributed by atoms with Gasteiger partial charge in [0.2, 0.25) is 0 Å². The molecule has 0 aliphatic rings. The molecule has 0 saturated heterocycles. The Balaban J connectivity index is 0.000000294. The van der Waals surface area contributed by atoms with Crippen LogP contribution < -0.4 is 5.32 Å². The summed E-state index contributed by atoms with van der Waals surface area (Å²) in [4.78, 5) is 10.8. The maximum atomic E-state index is 10.8. The van der Waals surface area contributed by atoms with Crippen molar-refractivity contribution in [3.8, 4) is 0 Å². The first-order valence-corrected chi connectivity index (χ1v) is 9.36. The third-order valence-corrected chi connectivity index (χ3v) is 3.63. The Bertz CT molecular complexity index is 618. The van der Waals surface area contributed by atoms with Crippen molar-refractivity contribution in [1.82, 2.24) is 5.32 Å². The van der Waals surface area contributed by atoms with Crippen LogP contribution in [0.1, 0.15) is 64.6 Å². The minimum atomic E-state index is -0.327. The van der Waals surface area contributed by atoms with Crippen molar-refractivity contribution in [3.05, 3.63) is 71.8 Å². The van der Waals surface area contributed by atoms with E-state index in [0.29, 0.717) is 12.5 Å². The van der Waals surface area contributed by atoms with Crippen molar-refractivity contribution in [2.24, 2.45) is 0 Å². The highest BCUT2D eigenvalue weighted by atomic mass is 16.6. The van der Waals surface area contributed by atoms with Gasteiger partial charge in [-0.25, -0.2) is 0 Å². The van der Waals surface area contributed by atoms with E-state index >= 15 is 0 Å². The average molecular weight is 356 g/mol. The lowest BCUT2D eigenvalue weighted by atomic mass is 10.1. The van der Waals surface area contributed by atoms with E-state index in [2.05, 4.69) is 60.8 Å². The van der Waals surface area contributed by atoms with Crippen molar-refractivity contribution >= 4 is 5.97 Å². The quantitative estimate of drug-likeness (QED) is 0.679. The van der Waals surface area contributed by atoms with E-state index in [-0.39, 0.29) is 11.6 Å². The highest BCUT2D eigenvalue weighted by Crippen LogP contribution is 2.12. The molecule has 2 aromatic carbocycles. The van der Waals surface area contributed by atoms with Crippen LogP contribution in [0.2, 0.25) is 0 Å². The summed E-state index contributed by atoms with van der Waals surface area (Å²) in [6.07, 6.45) is 1.38. The summed E-state index contributed by atoms with van der Waals surface area (Å²) in [5, 5.41) is 3.52. The van der Waals surface area contributed by atoms with Gasteiger partial charge in [0.05, 0.1) is 0 Å². The van der Waals surface area contributed by atoms with Crippen LogP contribution >= 0.6 is 0 Å². The van der Waals surface area contributed by atoms with Crippen molar-refractivity contribution < 1.29 is 9.53 Å². The van der Waals surface area contributed by atoms with E-state index in [1.165, 1.54) is 11.1 Å². The summed E-state index contributed by atoms with van der Waals surface area (Å²) in [7, 11) is 0. The Morgan fingerprint density at radius 2 is 1.54 bits per heavy atom. The van der Waals surface area contributed by atoms with Gasteiger partial charge in [0.1, 0.15) is 5.60 Å². The Morgan fingerprint density at radius 1 is 1.00 bits per heavy atom. The molecule has 1 unspecified atom stereocenters. The number of carbonyl (C=O) groups is 1. The molecule has 0 aliphatic heterocycles. The molecule has 0 bridgehead atoms. The summed E-state index contributed by atoms with van der Waals surface area (Å²) in [5.41, 5.74) is 2.33. The molecule has 3 nitrogen and oxygen atoms in total. The average Bonchev–Trinajstić information content (AvgIpc) is 2.60. The molecule has 3 heteroatoms. The molecule has 0 spiro atoms. The van der Waals surface area contributed by atoms with Crippen LogP contribution in [0.4, 0.5) is 0 Å². The van der Waals surface area contributed by atoms with E-state index in [1.807, 2.05) is 39.8 Å². The zero-order chi connectivity index (χ0) is 19.4. The van der Waals surface area contributed by atoms with Crippen LogP contribution in [0.25, 0.3) is 0 Å². The van der Waals surface area contributed by atoms with Gasteiger partial charge in [0.15, 0.2) is 0 Å². The van der Waals surface area contributed by atoms with Gasteiger partial charge in [-0.15, -0.1) is 0 Å². The molecule has 0 heterocycles. The molecular formula is C23H33NO2. The predicted molar refractivity (Wildman–Crippen MR) is 109 cm³/mol. The molecule has 1 atom stereocenters. The summed E-state index contributed by atoms with van der Waals surface area (Å²) >= 11 is 0. The second kappa shape index (κ2) is 11.5. The normalized spacial score (nSPS) is 11.9. The van der Waals surface area contributed by atoms with Crippen LogP contribution in [-0.2, 0) is 16.1 Å². The molecule has 0 aliphatic carbocycles. The van der Waals surface area contributed by atoms with Crippen molar-refractivity contribution in [3.63, 3.8) is 0 Å². The standard InChI is InChI=1S/C15H17N.C8H16O2/c1-13(15-10-6-3-7-11-15)16-12-14-8-4-2-5-9-14;1-5-6-7(9)10-8(2,3)4/h2-11,13,16H,12H2,1H3;5-6H2,1-4H3. The smallest absolute Gasteiger partial charge is 0.306 e. The van der Waals surface area contributed by atoms with E-state index in [0.717, 1.165) is 13.0 Å². The third kappa shape index (κ3) is 10.00. The Hall–Kier alpha value is -2.13. The Morgan fingerprint density at radius 3 is 2.04 bits per heavy atom. The summed E-state index contributed by atoms with van der Waals surface area (Å²) in [5.74, 6) is -0.102. The minimum Gasteiger partial charge on any atom is -0.460 e. The molecule has 2 aromatic rings. The molecule has 0 aromatic heterocycles. The molecule has 0 fully saturated rings. The first-order valence-electron chi connectivity index (χ1n) is 9.36. The lowest BCUT2D eigenvalue weighted by Gasteiger charge is -2.18. The van der Waals surface area contributed by atoms with Crippen LogP contribution in [-0.4, -0.2) is 11.6 Å². The monoisotopic (exact) mass is 355 g/mol. The maximum absolute atomic E-state index is 10.8. The molecule has 0 radical (unpaired) electrons. The number of hydrogen-bond acceptors (Lipinski definition) is 3. The van der Waals surface area contributed by atoms with Crippen LogP contribution in [0.3, 0.4) is 0 Å². The highest BCUT2D eigenvalue weighted by Gasteiger charge is 2.14. The zero-order valence-corrected chi connectivity index (χ0v) is 16.8. The summed E-state index contributed by atoms with van der Waals surface area (Å²) in [6.45, 7) is 10.7. The molecule has 0 saturated carbocycles. The lowest BCUT2D eigenvalue weighted by molar-refractivity contribution is -0.154. The number of ether oxygens (including phenoxy) is 1. The number of nitrogens with one attached hydrogen (secondary N) is 1. The van der Waals surface area contributed by atoms with Crippen molar-refractivity contribution in [1.29, 1.82) is 0 Å². The van der Waals surface area contributed by atoms with Gasteiger partial charge in [0, 0.05) is 19.0 Å². The van der Waals surface area contributed by atoms with Gasteiger partial charge in [-0.2, -0.15) is 0 Å². The van der Waals surface area contributed by atoms with Crippen LogP contribution in [0, 0.1) is 0 Å². The van der Waals surface area contributed by atoms with E-state index in [9.17, 15) is 4.79 Å². The van der Waals surface area contributed by atoms with Crippen molar-refractivity contribution in [2.75, 3.05) is 0 Å². The fourth-order valence-corrected chi connectivity index (χ4v) is 2.32. The first-order chi connectivity index (χ1) is 12.3. The van der Waals surface area contributed by atoms with E-state index in [4.69, 9.17) is 4.74 Å². The predicted octanol–water partition coefficient (Wildman–Crippen LogP) is 5.67. The Labute approximate surface area is 158 Å². The topological polar surface area (TPSA) is 38.3 Å². The maximum Gasteiger partial charge on any atom is 0.306 e. The molecule has 1 N–H and O–H groups in total. The lowest BCUT2D eigenvalue weighted by Crippen LogP contribution is -2.23. The van der Waals surface area contributed by atoms with E-state index < -0.39 is 0 Å². The van der Waals surface area contributed by atoms with Gasteiger partial charge in [-0.05, 0) is 45.2 Å². The second-order valence-corrected chi connectivity index (χ2v) is 7.34. The number of benzene rings is 2. The van der Waals surface area contributed by atoms with Crippen LogP contribution in [0.5, 0.6) is 0 Å². The zero-order valence-electron chi connectivity index (χ0n) is 16.8.